The normalized spacial score (nSPS) is 24.7. The highest BCUT2D eigenvalue weighted by Crippen LogP contribution is 2.43. The van der Waals surface area contributed by atoms with Crippen LogP contribution in [-0.4, -0.2) is 58.4 Å². The van der Waals surface area contributed by atoms with Gasteiger partial charge in [0.2, 0.25) is 5.91 Å². The van der Waals surface area contributed by atoms with Crippen molar-refractivity contribution in [3.8, 4) is 0 Å². The standard InChI is InChI=1S/C20H27N5OS.C2H6/c1-4-5-11-27-14(2)20-13-25(17(21)15-9-7-6-8-10-15)12-16(20)18(26)24(3)19(22)23-20;1-2/h5-11,14,16,21H,4,12-13H2,1-3H3,(H2,22,23);1-2H3/b11-5-,21-17?;/t14-,16-,20?;/m0./s1. The molecule has 3 rings (SSSR count). The number of aliphatic imine (C=N–C) groups is 1. The zero-order valence-electron chi connectivity index (χ0n) is 18.1. The molecule has 158 valence electrons. The number of amidine groups is 1. The molecule has 6 nitrogen and oxygen atoms in total. The number of hydrogen-bond acceptors (Lipinski definition) is 5. The van der Waals surface area contributed by atoms with Crippen LogP contribution in [0, 0.1) is 11.3 Å². The Balaban J connectivity index is 0.00000145. The third-order valence-electron chi connectivity index (χ3n) is 5.43. The lowest BCUT2D eigenvalue weighted by Gasteiger charge is -2.40. The van der Waals surface area contributed by atoms with Crippen LogP contribution in [0.3, 0.4) is 0 Å². The Hall–Kier alpha value is -2.28. The smallest absolute Gasteiger partial charge is 0.236 e. The summed E-state index contributed by atoms with van der Waals surface area (Å²) in [6.45, 7) is 9.19. The molecule has 0 aliphatic carbocycles. The largest absolute Gasteiger partial charge is 0.369 e. The average molecular weight is 416 g/mol. The van der Waals surface area contributed by atoms with Gasteiger partial charge in [-0.25, -0.2) is 4.99 Å². The van der Waals surface area contributed by atoms with Crippen LogP contribution in [0.4, 0.5) is 0 Å². The van der Waals surface area contributed by atoms with Crippen LogP contribution >= 0.6 is 11.8 Å². The number of carbonyl (C=O) groups is 1. The molecule has 1 aromatic carbocycles. The van der Waals surface area contributed by atoms with Gasteiger partial charge in [-0.15, -0.1) is 11.8 Å². The molecule has 0 spiro atoms. The van der Waals surface area contributed by atoms with E-state index in [9.17, 15) is 4.79 Å². The molecule has 2 aliphatic rings. The number of carbonyl (C=O) groups excluding carboxylic acids is 1. The highest BCUT2D eigenvalue weighted by molar-refractivity contribution is 8.02. The van der Waals surface area contributed by atoms with Crippen molar-refractivity contribution in [3.63, 3.8) is 0 Å². The first-order chi connectivity index (χ1) is 13.9. The summed E-state index contributed by atoms with van der Waals surface area (Å²) in [5.74, 6) is 0.361. The zero-order chi connectivity index (χ0) is 21.6. The predicted octanol–water partition coefficient (Wildman–Crippen LogP) is 3.54. The quantitative estimate of drug-likeness (QED) is 0.569. The number of fused-ring (bicyclic) bond motifs is 1. The lowest BCUT2D eigenvalue weighted by atomic mass is 9.82. The fraction of sp³-hybridized carbons (Fsp3) is 0.500. The number of thioether (sulfide) groups is 1. The molecular formula is C22H33N5OS. The lowest BCUT2D eigenvalue weighted by molar-refractivity contribution is -0.132. The van der Waals surface area contributed by atoms with E-state index >= 15 is 0 Å². The minimum atomic E-state index is -0.627. The molecule has 7 heteroatoms. The minimum absolute atomic E-state index is 0.0159. The first kappa shape index (κ1) is 23.0. The molecule has 1 aromatic rings. The summed E-state index contributed by atoms with van der Waals surface area (Å²) in [5, 5.41) is 10.8. The first-order valence-corrected chi connectivity index (χ1v) is 11.2. The Kier molecular flexibility index (Phi) is 7.90. The van der Waals surface area contributed by atoms with Crippen molar-refractivity contribution in [3.05, 3.63) is 47.4 Å². The number of nitrogens with one attached hydrogen (secondary N) is 1. The Morgan fingerprint density at radius 2 is 2.07 bits per heavy atom. The van der Waals surface area contributed by atoms with Crippen LogP contribution < -0.4 is 5.73 Å². The van der Waals surface area contributed by atoms with E-state index in [4.69, 9.17) is 16.1 Å². The molecule has 0 radical (unpaired) electrons. The van der Waals surface area contributed by atoms with E-state index in [0.29, 0.717) is 18.9 Å². The highest BCUT2D eigenvalue weighted by Gasteiger charge is 2.57. The SMILES string of the molecule is CC.CC/C=C\S[C@@H](C)C12CN(C(=N)c3ccccc3)C[C@H]1C(=O)N(C)C(N)=N2. The number of hydrogen-bond donors (Lipinski definition) is 2. The van der Waals surface area contributed by atoms with Crippen molar-refractivity contribution in [2.45, 2.75) is 44.9 Å². The molecule has 0 saturated carbocycles. The number of benzene rings is 1. The van der Waals surface area contributed by atoms with Crippen LogP contribution in [0.15, 0.2) is 46.8 Å². The number of nitrogens with zero attached hydrogens (tertiary/aromatic N) is 3. The van der Waals surface area contributed by atoms with Crippen molar-refractivity contribution < 1.29 is 4.79 Å². The molecular weight excluding hydrogens is 382 g/mol. The summed E-state index contributed by atoms with van der Waals surface area (Å²) < 4.78 is 0. The van der Waals surface area contributed by atoms with Gasteiger partial charge >= 0.3 is 0 Å². The summed E-state index contributed by atoms with van der Waals surface area (Å²) >= 11 is 1.68. The first-order valence-electron chi connectivity index (χ1n) is 10.2. The van der Waals surface area contributed by atoms with Gasteiger partial charge in [0.1, 0.15) is 11.4 Å². The van der Waals surface area contributed by atoms with Gasteiger partial charge in [-0.2, -0.15) is 0 Å². The van der Waals surface area contributed by atoms with Crippen LogP contribution in [0.5, 0.6) is 0 Å². The maximum atomic E-state index is 13.0. The van der Waals surface area contributed by atoms with Crippen LogP contribution in [0.25, 0.3) is 0 Å². The number of amides is 1. The van der Waals surface area contributed by atoms with Gasteiger partial charge in [0, 0.05) is 31.0 Å². The molecule has 2 aliphatic heterocycles. The van der Waals surface area contributed by atoms with Crippen molar-refractivity contribution in [1.29, 1.82) is 5.41 Å². The molecule has 1 fully saturated rings. The number of guanidine groups is 1. The van der Waals surface area contributed by atoms with Crippen molar-refractivity contribution >= 4 is 29.5 Å². The van der Waals surface area contributed by atoms with Crippen LogP contribution in [-0.2, 0) is 4.79 Å². The van der Waals surface area contributed by atoms with Crippen LogP contribution in [0.1, 0.15) is 39.7 Å². The minimum Gasteiger partial charge on any atom is -0.369 e. The summed E-state index contributed by atoms with van der Waals surface area (Å²) in [5.41, 5.74) is 6.31. The van der Waals surface area contributed by atoms with Crippen molar-refractivity contribution in [2.24, 2.45) is 16.6 Å². The Morgan fingerprint density at radius 3 is 2.69 bits per heavy atom. The second-order valence-electron chi connectivity index (χ2n) is 7.06. The maximum absolute atomic E-state index is 13.0. The monoisotopic (exact) mass is 415 g/mol. The number of allylic oxidation sites excluding steroid dienone is 1. The van der Waals surface area contributed by atoms with E-state index < -0.39 is 5.54 Å². The fourth-order valence-corrected chi connectivity index (χ4v) is 4.80. The molecule has 2 heterocycles. The topological polar surface area (TPSA) is 85.8 Å². The van der Waals surface area contributed by atoms with Crippen LogP contribution in [0.2, 0.25) is 0 Å². The third kappa shape index (κ3) is 4.50. The van der Waals surface area contributed by atoms with Gasteiger partial charge in [0.15, 0.2) is 5.96 Å². The summed E-state index contributed by atoms with van der Waals surface area (Å²) in [4.78, 5) is 21.2. The van der Waals surface area contributed by atoms with Crippen molar-refractivity contribution in [2.75, 3.05) is 20.1 Å². The third-order valence-corrected chi connectivity index (χ3v) is 6.59. The molecule has 1 amide bonds. The van der Waals surface area contributed by atoms with Gasteiger partial charge in [0.25, 0.3) is 0 Å². The van der Waals surface area contributed by atoms with Gasteiger partial charge in [-0.3, -0.25) is 15.1 Å². The lowest BCUT2D eigenvalue weighted by Crippen LogP contribution is -2.59. The zero-order valence-corrected chi connectivity index (χ0v) is 18.9. The van der Waals surface area contributed by atoms with Gasteiger partial charge in [0.05, 0.1) is 5.92 Å². The average Bonchev–Trinajstić information content (AvgIpc) is 3.14. The molecule has 29 heavy (non-hydrogen) atoms. The number of likely N-dealkylation sites (tertiary alicyclic amines) is 1. The second kappa shape index (κ2) is 9.96. The van der Waals surface area contributed by atoms with E-state index in [2.05, 4.69) is 25.3 Å². The van der Waals surface area contributed by atoms with Gasteiger partial charge < -0.3 is 10.6 Å². The van der Waals surface area contributed by atoms with Crippen molar-refractivity contribution in [1.82, 2.24) is 9.80 Å². The molecule has 0 bridgehead atoms. The highest BCUT2D eigenvalue weighted by atomic mass is 32.2. The van der Waals surface area contributed by atoms with Gasteiger partial charge in [-0.1, -0.05) is 64.1 Å². The fourth-order valence-electron chi connectivity index (χ4n) is 3.74. The van der Waals surface area contributed by atoms with E-state index in [1.165, 1.54) is 4.90 Å². The predicted molar refractivity (Wildman–Crippen MR) is 123 cm³/mol. The summed E-state index contributed by atoms with van der Waals surface area (Å²) in [6.07, 6.45) is 3.07. The summed E-state index contributed by atoms with van der Waals surface area (Å²) in [6, 6.07) is 9.62. The molecule has 1 saturated heterocycles. The Labute approximate surface area is 178 Å². The van der Waals surface area contributed by atoms with E-state index in [0.717, 1.165) is 12.0 Å². The van der Waals surface area contributed by atoms with E-state index in [1.54, 1.807) is 18.8 Å². The van der Waals surface area contributed by atoms with Gasteiger partial charge in [-0.05, 0) is 11.8 Å². The van der Waals surface area contributed by atoms with E-state index in [-0.39, 0.29) is 23.0 Å². The molecule has 0 aromatic heterocycles. The number of rotatable bonds is 5. The van der Waals surface area contributed by atoms with E-state index in [1.807, 2.05) is 49.1 Å². The summed E-state index contributed by atoms with van der Waals surface area (Å²) in [7, 11) is 1.67. The number of nitrogens with two attached hydrogens (primary N) is 1. The Bertz CT molecular complexity index is 779. The molecule has 1 unspecified atom stereocenters. The Morgan fingerprint density at radius 1 is 1.41 bits per heavy atom. The maximum Gasteiger partial charge on any atom is 0.236 e. The molecule has 3 atom stereocenters. The second-order valence-corrected chi connectivity index (χ2v) is 8.32. The molecule has 3 N–H and O–H groups in total.